The first-order valence-corrected chi connectivity index (χ1v) is 8.53. The van der Waals surface area contributed by atoms with Crippen molar-refractivity contribution in [3.8, 4) is 0 Å². The Morgan fingerprint density at radius 2 is 1.95 bits per heavy atom. The highest BCUT2D eigenvalue weighted by atomic mass is 32.2. The van der Waals surface area contributed by atoms with E-state index in [9.17, 15) is 0 Å². The van der Waals surface area contributed by atoms with Gasteiger partial charge in [-0.1, -0.05) is 26.8 Å². The Morgan fingerprint density at radius 1 is 1.24 bits per heavy atom. The van der Waals surface area contributed by atoms with Gasteiger partial charge in [0.15, 0.2) is 0 Å². The highest BCUT2D eigenvalue weighted by Gasteiger charge is 2.18. The van der Waals surface area contributed by atoms with E-state index in [2.05, 4.69) is 69.6 Å². The number of thioether (sulfide) groups is 1. The summed E-state index contributed by atoms with van der Waals surface area (Å²) in [6.45, 7) is 14.2. The van der Waals surface area contributed by atoms with Gasteiger partial charge in [-0.2, -0.15) is 0 Å². The van der Waals surface area contributed by atoms with Crippen molar-refractivity contribution in [1.82, 2.24) is 14.7 Å². The van der Waals surface area contributed by atoms with Crippen LogP contribution in [0.4, 0.5) is 0 Å². The summed E-state index contributed by atoms with van der Waals surface area (Å²) < 4.78 is 2.20. The maximum atomic E-state index is 4.82. The lowest BCUT2D eigenvalue weighted by Gasteiger charge is -2.21. The van der Waals surface area contributed by atoms with E-state index >= 15 is 0 Å². The molecule has 0 saturated carbocycles. The number of pyridine rings is 1. The lowest BCUT2D eigenvalue weighted by atomic mass is 10.1. The lowest BCUT2D eigenvalue weighted by Crippen LogP contribution is -2.35. The highest BCUT2D eigenvalue weighted by Crippen LogP contribution is 2.30. The number of hydrogen-bond donors (Lipinski definition) is 1. The van der Waals surface area contributed by atoms with Crippen LogP contribution in [0.3, 0.4) is 0 Å². The van der Waals surface area contributed by atoms with Gasteiger partial charge in [0.25, 0.3) is 0 Å². The Balaban J connectivity index is 2.34. The van der Waals surface area contributed by atoms with Crippen LogP contribution >= 0.6 is 11.8 Å². The van der Waals surface area contributed by atoms with Crippen LogP contribution in [0.5, 0.6) is 0 Å². The summed E-state index contributed by atoms with van der Waals surface area (Å²) in [7, 11) is 0. The summed E-state index contributed by atoms with van der Waals surface area (Å²) in [5, 5.41) is 5.30. The molecule has 0 aliphatic heterocycles. The van der Waals surface area contributed by atoms with E-state index < -0.39 is 0 Å². The molecular weight excluding hydrogens is 278 g/mol. The first-order valence-electron chi connectivity index (χ1n) is 7.65. The molecule has 116 valence electrons. The van der Waals surface area contributed by atoms with Gasteiger partial charge in [-0.3, -0.25) is 0 Å². The fourth-order valence-corrected chi connectivity index (χ4v) is 3.02. The van der Waals surface area contributed by atoms with Crippen LogP contribution in [0.25, 0.3) is 5.65 Å². The zero-order valence-electron chi connectivity index (χ0n) is 14.0. The summed E-state index contributed by atoms with van der Waals surface area (Å²) >= 11 is 1.88. The molecule has 2 heterocycles. The van der Waals surface area contributed by atoms with Gasteiger partial charge in [0.1, 0.15) is 10.7 Å². The van der Waals surface area contributed by atoms with E-state index in [1.165, 1.54) is 5.69 Å². The van der Waals surface area contributed by atoms with Crippen LogP contribution in [0.15, 0.2) is 29.4 Å². The van der Waals surface area contributed by atoms with Gasteiger partial charge in [-0.05, 0) is 38.8 Å². The minimum Gasteiger partial charge on any atom is -0.306 e. The Morgan fingerprint density at radius 3 is 2.57 bits per heavy atom. The Kier molecular flexibility index (Phi) is 4.99. The minimum atomic E-state index is 0.102. The molecule has 0 spiro atoms. The van der Waals surface area contributed by atoms with Crippen molar-refractivity contribution in [2.24, 2.45) is 5.92 Å². The zero-order valence-corrected chi connectivity index (χ0v) is 14.8. The molecule has 2 aromatic heterocycles. The summed E-state index contributed by atoms with van der Waals surface area (Å²) in [5.41, 5.74) is 2.39. The number of nitrogens with zero attached hydrogens (tertiary/aromatic N) is 2. The first kappa shape index (κ1) is 16.4. The molecule has 1 unspecified atom stereocenters. The number of rotatable bonds is 5. The molecule has 0 aromatic carbocycles. The van der Waals surface area contributed by atoms with Crippen molar-refractivity contribution in [2.75, 3.05) is 0 Å². The maximum Gasteiger partial charge on any atom is 0.138 e. The average Bonchev–Trinajstić information content (AvgIpc) is 2.72. The summed E-state index contributed by atoms with van der Waals surface area (Å²) in [4.78, 5) is 4.82. The molecule has 0 aliphatic rings. The molecular formula is C17H27N3S. The highest BCUT2D eigenvalue weighted by molar-refractivity contribution is 7.99. The topological polar surface area (TPSA) is 29.3 Å². The van der Waals surface area contributed by atoms with Gasteiger partial charge < -0.3 is 9.72 Å². The quantitative estimate of drug-likeness (QED) is 0.832. The van der Waals surface area contributed by atoms with E-state index in [0.717, 1.165) is 17.2 Å². The monoisotopic (exact) mass is 305 g/mol. The van der Waals surface area contributed by atoms with Gasteiger partial charge >= 0.3 is 0 Å². The van der Waals surface area contributed by atoms with E-state index in [4.69, 9.17) is 4.98 Å². The minimum absolute atomic E-state index is 0.102. The van der Waals surface area contributed by atoms with Crippen LogP contribution in [0.1, 0.15) is 47.2 Å². The predicted octanol–water partition coefficient (Wildman–Crippen LogP) is 4.36. The number of fused-ring (bicyclic) bond motifs is 1. The van der Waals surface area contributed by atoms with Crippen molar-refractivity contribution < 1.29 is 0 Å². The first-order chi connectivity index (χ1) is 9.78. The second-order valence-electron chi connectivity index (χ2n) is 6.96. The second-order valence-corrected chi connectivity index (χ2v) is 8.33. The molecule has 0 fully saturated rings. The van der Waals surface area contributed by atoms with E-state index in [1.54, 1.807) is 0 Å². The molecule has 1 N–H and O–H groups in total. The molecule has 4 heteroatoms. The molecule has 0 amide bonds. The number of aromatic nitrogens is 2. The SMILES string of the molecule is CC(C)C(C)Sc1nc2ccccn2c1CNC(C)(C)C. The van der Waals surface area contributed by atoms with Crippen molar-refractivity contribution in [1.29, 1.82) is 0 Å². The third-order valence-electron chi connectivity index (χ3n) is 3.61. The lowest BCUT2D eigenvalue weighted by molar-refractivity contribution is 0.418. The molecule has 0 aliphatic carbocycles. The van der Waals surface area contributed by atoms with E-state index in [0.29, 0.717) is 11.2 Å². The van der Waals surface area contributed by atoms with Gasteiger partial charge in [0.2, 0.25) is 0 Å². The standard InChI is InChI=1S/C17H27N3S/c1-12(2)13(3)21-16-14(11-18-17(4,5)6)20-10-8-7-9-15(20)19-16/h7-10,12-13,18H,11H2,1-6H3. The molecule has 2 rings (SSSR count). The fraction of sp³-hybridized carbons (Fsp3) is 0.588. The third kappa shape index (κ3) is 4.24. The van der Waals surface area contributed by atoms with Crippen LogP contribution in [-0.2, 0) is 6.54 Å². The van der Waals surface area contributed by atoms with Crippen molar-refractivity contribution in [2.45, 2.75) is 63.9 Å². The normalized spacial score (nSPS) is 14.0. The second kappa shape index (κ2) is 6.41. The Labute approximate surface area is 132 Å². The number of nitrogens with one attached hydrogen (secondary N) is 1. The fourth-order valence-electron chi connectivity index (χ4n) is 1.94. The molecule has 0 saturated heterocycles. The molecule has 2 aromatic rings. The molecule has 1 atom stereocenters. The summed E-state index contributed by atoms with van der Waals surface area (Å²) in [5.74, 6) is 0.642. The molecule has 0 radical (unpaired) electrons. The van der Waals surface area contributed by atoms with Gasteiger partial charge in [0, 0.05) is 23.5 Å². The van der Waals surface area contributed by atoms with Gasteiger partial charge in [0.05, 0.1) is 5.69 Å². The van der Waals surface area contributed by atoms with E-state index in [-0.39, 0.29) is 5.54 Å². The van der Waals surface area contributed by atoms with E-state index in [1.807, 2.05) is 17.8 Å². The number of imidazole rings is 1. The van der Waals surface area contributed by atoms with Gasteiger partial charge in [-0.15, -0.1) is 11.8 Å². The molecule has 21 heavy (non-hydrogen) atoms. The van der Waals surface area contributed by atoms with Crippen molar-refractivity contribution in [3.63, 3.8) is 0 Å². The Hall–Kier alpha value is -1.00. The summed E-state index contributed by atoms with van der Waals surface area (Å²) in [6, 6.07) is 6.18. The predicted molar refractivity (Wildman–Crippen MR) is 91.9 cm³/mol. The molecule has 3 nitrogen and oxygen atoms in total. The largest absolute Gasteiger partial charge is 0.306 e. The zero-order chi connectivity index (χ0) is 15.6. The van der Waals surface area contributed by atoms with Crippen molar-refractivity contribution >= 4 is 17.4 Å². The third-order valence-corrected chi connectivity index (χ3v) is 5.08. The smallest absolute Gasteiger partial charge is 0.138 e. The van der Waals surface area contributed by atoms with Crippen LogP contribution in [0, 0.1) is 5.92 Å². The van der Waals surface area contributed by atoms with Crippen molar-refractivity contribution in [3.05, 3.63) is 30.1 Å². The van der Waals surface area contributed by atoms with Crippen LogP contribution in [-0.4, -0.2) is 20.2 Å². The maximum absolute atomic E-state index is 4.82. The Bertz CT molecular complexity index is 596. The van der Waals surface area contributed by atoms with Crippen LogP contribution < -0.4 is 5.32 Å². The summed E-state index contributed by atoms with van der Waals surface area (Å²) in [6.07, 6.45) is 2.10. The number of hydrogen-bond acceptors (Lipinski definition) is 3. The van der Waals surface area contributed by atoms with Crippen LogP contribution in [0.2, 0.25) is 0 Å². The molecule has 0 bridgehead atoms. The van der Waals surface area contributed by atoms with Gasteiger partial charge in [-0.25, -0.2) is 4.98 Å². The average molecular weight is 305 g/mol.